The van der Waals surface area contributed by atoms with Gasteiger partial charge in [0.05, 0.1) is 23.3 Å². The molecule has 30 heavy (non-hydrogen) atoms. The zero-order valence-electron chi connectivity index (χ0n) is 17.7. The highest BCUT2D eigenvalue weighted by molar-refractivity contribution is 7.89. The first-order chi connectivity index (χ1) is 14.3. The van der Waals surface area contributed by atoms with Gasteiger partial charge in [-0.1, -0.05) is 19.9 Å². The van der Waals surface area contributed by atoms with Gasteiger partial charge >= 0.3 is 0 Å². The number of hydrogen-bond acceptors (Lipinski definition) is 4. The summed E-state index contributed by atoms with van der Waals surface area (Å²) in [5.74, 6) is -0.790. The number of fused-ring (bicyclic) bond motifs is 1. The Hall–Kier alpha value is -2.45. The summed E-state index contributed by atoms with van der Waals surface area (Å²) in [6.07, 6.45) is 1.52. The molecule has 8 heteroatoms. The molecule has 0 bridgehead atoms. The summed E-state index contributed by atoms with van der Waals surface area (Å²) in [4.78, 5) is 14.8. The number of nitrogens with zero attached hydrogens (tertiary/aromatic N) is 2. The lowest BCUT2D eigenvalue weighted by molar-refractivity contribution is 0.0980. The van der Waals surface area contributed by atoms with Gasteiger partial charge < -0.3 is 9.64 Å². The first kappa shape index (κ1) is 22.2. The van der Waals surface area contributed by atoms with Crippen molar-refractivity contribution in [1.29, 1.82) is 0 Å². The Balaban J connectivity index is 2.09. The lowest BCUT2D eigenvalue weighted by atomic mass is 9.95. The van der Waals surface area contributed by atoms with E-state index in [1.54, 1.807) is 19.9 Å². The van der Waals surface area contributed by atoms with E-state index in [1.807, 2.05) is 13.0 Å². The fourth-order valence-corrected chi connectivity index (χ4v) is 5.39. The van der Waals surface area contributed by atoms with Gasteiger partial charge in [-0.2, -0.15) is 4.31 Å². The van der Waals surface area contributed by atoms with Crippen molar-refractivity contribution in [3.63, 3.8) is 0 Å². The number of sulfonamides is 1. The van der Waals surface area contributed by atoms with Gasteiger partial charge in [-0.3, -0.25) is 4.79 Å². The maximum atomic E-state index is 14.7. The average molecular weight is 435 g/mol. The van der Waals surface area contributed by atoms with Crippen LogP contribution in [0.5, 0.6) is 5.75 Å². The number of amides is 1. The Labute approximate surface area is 177 Å². The molecule has 1 aliphatic heterocycles. The standard InChI is InChI=1S/C22H27FN2O4S/c1-5-24(6-2)30(27,28)16-10-11-19(23)18(14-16)22(26)25-13-7-8-17-15(3)9-12-20(29-4)21(17)25/h9-12,14H,5-8,13H2,1-4H3. The predicted octanol–water partition coefficient (Wildman–Crippen LogP) is 3.77. The second kappa shape index (κ2) is 8.73. The summed E-state index contributed by atoms with van der Waals surface area (Å²) in [6.45, 7) is 6.40. The minimum absolute atomic E-state index is 0.0932. The predicted molar refractivity (Wildman–Crippen MR) is 114 cm³/mol. The van der Waals surface area contributed by atoms with E-state index in [0.29, 0.717) is 18.0 Å². The maximum absolute atomic E-state index is 14.7. The molecular weight excluding hydrogens is 407 g/mol. The molecule has 3 rings (SSSR count). The van der Waals surface area contributed by atoms with Crippen LogP contribution in [-0.2, 0) is 16.4 Å². The fraction of sp³-hybridized carbons (Fsp3) is 0.409. The van der Waals surface area contributed by atoms with E-state index < -0.39 is 21.7 Å². The van der Waals surface area contributed by atoms with Crippen LogP contribution in [0, 0.1) is 12.7 Å². The van der Waals surface area contributed by atoms with Gasteiger partial charge in [0.2, 0.25) is 10.0 Å². The molecule has 1 aliphatic rings. The highest BCUT2D eigenvalue weighted by Gasteiger charge is 2.31. The Morgan fingerprint density at radius 3 is 2.53 bits per heavy atom. The highest BCUT2D eigenvalue weighted by atomic mass is 32.2. The lowest BCUT2D eigenvalue weighted by Gasteiger charge is -2.32. The van der Waals surface area contributed by atoms with Gasteiger partial charge in [-0.05, 0) is 55.2 Å². The summed E-state index contributed by atoms with van der Waals surface area (Å²) < 4.78 is 47.1. The van der Waals surface area contributed by atoms with Crippen molar-refractivity contribution in [3.8, 4) is 5.75 Å². The molecule has 0 fully saturated rings. The lowest BCUT2D eigenvalue weighted by Crippen LogP contribution is -2.37. The van der Waals surface area contributed by atoms with E-state index in [1.165, 1.54) is 22.4 Å². The van der Waals surface area contributed by atoms with Crippen LogP contribution >= 0.6 is 0 Å². The second-order valence-electron chi connectivity index (χ2n) is 7.20. The zero-order valence-corrected chi connectivity index (χ0v) is 18.6. The number of anilines is 1. The van der Waals surface area contributed by atoms with Crippen molar-refractivity contribution < 1.29 is 22.3 Å². The van der Waals surface area contributed by atoms with Gasteiger partial charge in [-0.15, -0.1) is 0 Å². The van der Waals surface area contributed by atoms with Gasteiger partial charge in [-0.25, -0.2) is 12.8 Å². The molecule has 0 saturated carbocycles. The van der Waals surface area contributed by atoms with E-state index in [2.05, 4.69) is 0 Å². The number of halogens is 1. The molecular formula is C22H27FN2O4S. The van der Waals surface area contributed by atoms with Crippen molar-refractivity contribution >= 4 is 21.6 Å². The van der Waals surface area contributed by atoms with Gasteiger partial charge in [0, 0.05) is 19.6 Å². The molecule has 162 valence electrons. The van der Waals surface area contributed by atoms with Crippen LogP contribution in [0.25, 0.3) is 0 Å². The number of methoxy groups -OCH3 is 1. The van der Waals surface area contributed by atoms with Crippen molar-refractivity contribution in [1.82, 2.24) is 4.31 Å². The molecule has 1 heterocycles. The second-order valence-corrected chi connectivity index (χ2v) is 9.14. The monoisotopic (exact) mass is 434 g/mol. The molecule has 0 aliphatic carbocycles. The summed E-state index contributed by atoms with van der Waals surface area (Å²) in [5.41, 5.74) is 2.38. The first-order valence-electron chi connectivity index (χ1n) is 10.0. The fourth-order valence-electron chi connectivity index (χ4n) is 3.91. The maximum Gasteiger partial charge on any atom is 0.261 e. The molecule has 0 atom stereocenters. The minimum atomic E-state index is -3.81. The van der Waals surface area contributed by atoms with Crippen LogP contribution in [-0.4, -0.2) is 45.4 Å². The first-order valence-corrected chi connectivity index (χ1v) is 11.5. The number of carbonyl (C=O) groups is 1. The van der Waals surface area contributed by atoms with Crippen LogP contribution in [0.15, 0.2) is 35.2 Å². The van der Waals surface area contributed by atoms with Crippen LogP contribution in [0.4, 0.5) is 10.1 Å². The summed E-state index contributed by atoms with van der Waals surface area (Å²) in [5, 5.41) is 0. The van der Waals surface area contributed by atoms with Crippen molar-refractivity contribution in [2.45, 2.75) is 38.5 Å². The third-order valence-corrected chi connectivity index (χ3v) is 7.58. The van der Waals surface area contributed by atoms with E-state index in [9.17, 15) is 17.6 Å². The number of ether oxygens (including phenoxy) is 1. The number of hydrogen-bond donors (Lipinski definition) is 0. The van der Waals surface area contributed by atoms with Gasteiger partial charge in [0.25, 0.3) is 5.91 Å². The molecule has 1 amide bonds. The third kappa shape index (κ3) is 3.81. The molecule has 0 saturated heterocycles. The van der Waals surface area contributed by atoms with E-state index in [0.717, 1.165) is 36.1 Å². The van der Waals surface area contributed by atoms with Crippen LogP contribution in [0.2, 0.25) is 0 Å². The van der Waals surface area contributed by atoms with Gasteiger partial charge in [0.15, 0.2) is 0 Å². The Morgan fingerprint density at radius 2 is 1.90 bits per heavy atom. The van der Waals surface area contributed by atoms with E-state index >= 15 is 0 Å². The molecule has 2 aromatic carbocycles. The van der Waals surface area contributed by atoms with Crippen LogP contribution in [0.3, 0.4) is 0 Å². The number of rotatable bonds is 6. The summed E-state index contributed by atoms with van der Waals surface area (Å²) in [6, 6.07) is 7.11. The van der Waals surface area contributed by atoms with Crippen molar-refractivity contribution in [2.24, 2.45) is 0 Å². The van der Waals surface area contributed by atoms with Crippen LogP contribution in [0.1, 0.15) is 41.8 Å². The number of benzene rings is 2. The molecule has 0 radical (unpaired) electrons. The molecule has 0 aromatic heterocycles. The molecule has 0 N–H and O–H groups in total. The Kier molecular flexibility index (Phi) is 6.47. The number of aryl methyl sites for hydroxylation is 1. The Bertz CT molecular complexity index is 1070. The highest BCUT2D eigenvalue weighted by Crippen LogP contribution is 2.39. The van der Waals surface area contributed by atoms with E-state index in [-0.39, 0.29) is 23.5 Å². The average Bonchev–Trinajstić information content (AvgIpc) is 2.74. The molecule has 0 spiro atoms. The number of carbonyl (C=O) groups excluding carboxylic acids is 1. The van der Waals surface area contributed by atoms with Crippen molar-refractivity contribution in [2.75, 3.05) is 31.6 Å². The zero-order chi connectivity index (χ0) is 22.1. The van der Waals surface area contributed by atoms with Gasteiger partial charge in [0.1, 0.15) is 11.6 Å². The normalized spacial score (nSPS) is 14.0. The van der Waals surface area contributed by atoms with E-state index in [4.69, 9.17) is 4.74 Å². The molecule has 6 nitrogen and oxygen atoms in total. The molecule has 0 unspecified atom stereocenters. The topological polar surface area (TPSA) is 66.9 Å². The summed E-state index contributed by atoms with van der Waals surface area (Å²) in [7, 11) is -2.29. The quantitative estimate of drug-likeness (QED) is 0.694. The Morgan fingerprint density at radius 1 is 1.20 bits per heavy atom. The van der Waals surface area contributed by atoms with Crippen LogP contribution < -0.4 is 9.64 Å². The third-order valence-electron chi connectivity index (χ3n) is 5.53. The largest absolute Gasteiger partial charge is 0.495 e. The summed E-state index contributed by atoms with van der Waals surface area (Å²) >= 11 is 0. The van der Waals surface area contributed by atoms with Crippen molar-refractivity contribution in [3.05, 3.63) is 52.8 Å². The molecule has 2 aromatic rings. The smallest absolute Gasteiger partial charge is 0.261 e. The minimum Gasteiger partial charge on any atom is -0.495 e. The SMILES string of the molecule is CCN(CC)S(=O)(=O)c1ccc(F)c(C(=O)N2CCCc3c(C)ccc(OC)c32)c1.